The molecule has 33 heavy (non-hydrogen) atoms. The number of carbonyl (C=O) groups is 1. The maximum atomic E-state index is 13.4. The molecule has 0 bridgehead atoms. The summed E-state index contributed by atoms with van der Waals surface area (Å²) in [5.41, 5.74) is 3.18. The predicted octanol–water partition coefficient (Wildman–Crippen LogP) is 6.10. The molecule has 0 saturated carbocycles. The molecule has 0 aromatic heterocycles. The first-order valence-electron chi connectivity index (χ1n) is 10.1. The number of sulfonamides is 1. The van der Waals surface area contributed by atoms with E-state index in [1.165, 1.54) is 12.1 Å². The molecule has 0 aliphatic rings. The SMILES string of the molecule is Cc1cc(C)c(S(=O)(=O)N[C@@H](Cc2ccccc2)C(=O)Nc2cc(Cl)c(Cl)cc2Cl)c(C)c1. The second-order valence-electron chi connectivity index (χ2n) is 7.83. The van der Waals surface area contributed by atoms with E-state index < -0.39 is 22.0 Å². The average molecular weight is 526 g/mol. The normalized spacial score (nSPS) is 12.4. The van der Waals surface area contributed by atoms with Crippen LogP contribution >= 0.6 is 34.8 Å². The predicted molar refractivity (Wildman–Crippen MR) is 135 cm³/mol. The Labute approximate surface area is 209 Å². The summed E-state index contributed by atoms with van der Waals surface area (Å²) < 4.78 is 29.3. The Morgan fingerprint density at radius 2 is 1.45 bits per heavy atom. The number of benzene rings is 3. The van der Waals surface area contributed by atoms with E-state index in [0.717, 1.165) is 11.1 Å². The van der Waals surface area contributed by atoms with E-state index in [1.54, 1.807) is 26.0 Å². The van der Waals surface area contributed by atoms with Gasteiger partial charge in [-0.1, -0.05) is 82.8 Å². The Bertz CT molecular complexity index is 1270. The van der Waals surface area contributed by atoms with E-state index in [-0.39, 0.29) is 32.1 Å². The molecule has 0 aliphatic heterocycles. The molecule has 3 rings (SSSR count). The molecule has 3 aromatic rings. The summed E-state index contributed by atoms with van der Waals surface area (Å²) in [6.45, 7) is 5.36. The van der Waals surface area contributed by atoms with E-state index in [9.17, 15) is 13.2 Å². The van der Waals surface area contributed by atoms with Gasteiger partial charge in [0.05, 0.1) is 25.7 Å². The van der Waals surface area contributed by atoms with Crippen molar-refractivity contribution in [2.75, 3.05) is 5.32 Å². The lowest BCUT2D eigenvalue weighted by molar-refractivity contribution is -0.117. The fourth-order valence-electron chi connectivity index (χ4n) is 3.71. The molecule has 5 nitrogen and oxygen atoms in total. The van der Waals surface area contributed by atoms with Crippen LogP contribution in [0.5, 0.6) is 0 Å². The van der Waals surface area contributed by atoms with Crippen molar-refractivity contribution in [3.63, 3.8) is 0 Å². The molecule has 0 heterocycles. The highest BCUT2D eigenvalue weighted by Gasteiger charge is 2.29. The Morgan fingerprint density at radius 1 is 0.879 bits per heavy atom. The number of hydrogen-bond donors (Lipinski definition) is 2. The van der Waals surface area contributed by atoms with Crippen molar-refractivity contribution in [1.29, 1.82) is 0 Å². The average Bonchev–Trinajstić information content (AvgIpc) is 2.71. The standard InChI is InChI=1S/C24H23Cl3N2O3S/c1-14-9-15(2)23(16(3)10-14)33(31,32)29-22(11-17-7-5-4-6-8-17)24(30)28-21-13-19(26)18(25)12-20(21)27/h4-10,12-13,22,29H,11H2,1-3H3,(H,28,30)/t22-/m0/s1. The highest BCUT2D eigenvalue weighted by molar-refractivity contribution is 7.89. The van der Waals surface area contributed by atoms with Gasteiger partial charge in [-0.15, -0.1) is 0 Å². The van der Waals surface area contributed by atoms with Crippen molar-refractivity contribution in [2.45, 2.75) is 38.1 Å². The Kier molecular flexibility index (Phi) is 8.08. The van der Waals surface area contributed by atoms with Crippen LogP contribution in [0.4, 0.5) is 5.69 Å². The number of hydrogen-bond acceptors (Lipinski definition) is 3. The largest absolute Gasteiger partial charge is 0.323 e. The van der Waals surface area contributed by atoms with Gasteiger partial charge in [0, 0.05) is 0 Å². The van der Waals surface area contributed by atoms with Gasteiger partial charge >= 0.3 is 0 Å². The maximum Gasteiger partial charge on any atom is 0.242 e. The summed E-state index contributed by atoms with van der Waals surface area (Å²) in [4.78, 5) is 13.4. The minimum Gasteiger partial charge on any atom is -0.323 e. The number of nitrogens with one attached hydrogen (secondary N) is 2. The second kappa shape index (κ2) is 10.5. The molecule has 0 saturated heterocycles. The lowest BCUT2D eigenvalue weighted by atomic mass is 10.1. The summed E-state index contributed by atoms with van der Waals surface area (Å²) in [6, 6.07) is 14.5. The van der Waals surface area contributed by atoms with Crippen LogP contribution in [-0.2, 0) is 21.2 Å². The highest BCUT2D eigenvalue weighted by Crippen LogP contribution is 2.32. The Morgan fingerprint density at radius 3 is 2.06 bits per heavy atom. The summed E-state index contributed by atoms with van der Waals surface area (Å²) in [7, 11) is -4.01. The summed E-state index contributed by atoms with van der Waals surface area (Å²) >= 11 is 18.2. The van der Waals surface area contributed by atoms with Gasteiger partial charge in [0.2, 0.25) is 15.9 Å². The third kappa shape index (κ3) is 6.28. The zero-order valence-corrected chi connectivity index (χ0v) is 21.3. The summed E-state index contributed by atoms with van der Waals surface area (Å²) in [5, 5.41) is 3.31. The molecule has 9 heteroatoms. The molecular weight excluding hydrogens is 503 g/mol. The smallest absolute Gasteiger partial charge is 0.242 e. The van der Waals surface area contributed by atoms with Gasteiger partial charge in [-0.25, -0.2) is 8.42 Å². The van der Waals surface area contributed by atoms with Crippen LogP contribution in [0.3, 0.4) is 0 Å². The minimum absolute atomic E-state index is 0.134. The molecule has 1 atom stereocenters. The van der Waals surface area contributed by atoms with Crippen LogP contribution in [0.1, 0.15) is 22.3 Å². The molecule has 0 spiro atoms. The van der Waals surface area contributed by atoms with Crippen LogP contribution < -0.4 is 10.0 Å². The third-order valence-corrected chi connectivity index (χ3v) is 7.85. The maximum absolute atomic E-state index is 13.4. The third-order valence-electron chi connectivity index (χ3n) is 5.04. The van der Waals surface area contributed by atoms with E-state index >= 15 is 0 Å². The topological polar surface area (TPSA) is 75.3 Å². The molecule has 2 N–H and O–H groups in total. The summed E-state index contributed by atoms with van der Waals surface area (Å²) in [5.74, 6) is -0.579. The second-order valence-corrected chi connectivity index (χ2v) is 10.7. The van der Waals surface area contributed by atoms with Gasteiger partial charge in [-0.3, -0.25) is 4.79 Å². The van der Waals surface area contributed by atoms with E-state index in [4.69, 9.17) is 34.8 Å². The van der Waals surface area contributed by atoms with Crippen molar-refractivity contribution in [3.05, 3.63) is 91.9 Å². The van der Waals surface area contributed by atoms with Gasteiger partial charge < -0.3 is 5.32 Å². The van der Waals surface area contributed by atoms with Gasteiger partial charge in [0.25, 0.3) is 0 Å². The van der Waals surface area contributed by atoms with Crippen LogP contribution in [0.15, 0.2) is 59.5 Å². The number of carbonyl (C=O) groups excluding carboxylic acids is 1. The van der Waals surface area contributed by atoms with Gasteiger partial charge in [0.1, 0.15) is 6.04 Å². The molecular formula is C24H23Cl3N2O3S. The van der Waals surface area contributed by atoms with Crippen LogP contribution in [0.25, 0.3) is 0 Å². The lowest BCUT2D eigenvalue weighted by Crippen LogP contribution is -2.45. The van der Waals surface area contributed by atoms with Gasteiger partial charge in [-0.05, 0) is 56.0 Å². The van der Waals surface area contributed by atoms with Crippen molar-refractivity contribution in [1.82, 2.24) is 4.72 Å². The highest BCUT2D eigenvalue weighted by atomic mass is 35.5. The zero-order chi connectivity index (χ0) is 24.3. The van der Waals surface area contributed by atoms with Gasteiger partial charge in [0.15, 0.2) is 0 Å². The Hall–Kier alpha value is -2.09. The molecule has 0 radical (unpaired) electrons. The Balaban J connectivity index is 1.96. The van der Waals surface area contributed by atoms with Crippen LogP contribution in [0, 0.1) is 20.8 Å². The molecule has 174 valence electrons. The minimum atomic E-state index is -4.01. The fourth-order valence-corrected chi connectivity index (χ4v) is 5.96. The number of halogens is 3. The number of rotatable bonds is 7. The first-order chi connectivity index (χ1) is 15.5. The lowest BCUT2D eigenvalue weighted by Gasteiger charge is -2.21. The molecule has 1 amide bonds. The number of amides is 1. The van der Waals surface area contributed by atoms with Crippen molar-refractivity contribution in [3.8, 4) is 0 Å². The number of aryl methyl sites for hydroxylation is 3. The van der Waals surface area contributed by atoms with E-state index in [2.05, 4.69) is 10.0 Å². The zero-order valence-electron chi connectivity index (χ0n) is 18.2. The summed E-state index contributed by atoms with van der Waals surface area (Å²) in [6.07, 6.45) is 0.134. The molecule has 3 aromatic carbocycles. The van der Waals surface area contributed by atoms with E-state index in [0.29, 0.717) is 11.1 Å². The fraction of sp³-hybridized carbons (Fsp3) is 0.208. The van der Waals surface area contributed by atoms with E-state index in [1.807, 2.05) is 37.3 Å². The first-order valence-corrected chi connectivity index (χ1v) is 12.7. The van der Waals surface area contributed by atoms with Crippen molar-refractivity contribution in [2.24, 2.45) is 0 Å². The number of anilines is 1. The molecule has 0 fully saturated rings. The van der Waals surface area contributed by atoms with Gasteiger partial charge in [-0.2, -0.15) is 4.72 Å². The van der Waals surface area contributed by atoms with Crippen LogP contribution in [0.2, 0.25) is 15.1 Å². The first kappa shape index (κ1) is 25.5. The quantitative estimate of drug-likeness (QED) is 0.366. The molecule has 0 aliphatic carbocycles. The van der Waals surface area contributed by atoms with Crippen molar-refractivity contribution < 1.29 is 13.2 Å². The van der Waals surface area contributed by atoms with Crippen LogP contribution in [-0.4, -0.2) is 20.4 Å². The molecule has 0 unspecified atom stereocenters. The van der Waals surface area contributed by atoms with Crippen molar-refractivity contribution >= 4 is 56.4 Å². The monoisotopic (exact) mass is 524 g/mol.